The molecule has 3 nitrogen and oxygen atoms in total. The fraction of sp³-hybridized carbons (Fsp3) is 0.588. The predicted molar refractivity (Wildman–Crippen MR) is 82.1 cm³/mol. The Labute approximate surface area is 121 Å². The zero-order valence-electron chi connectivity index (χ0n) is 12.9. The highest BCUT2D eigenvalue weighted by Gasteiger charge is 2.27. The highest BCUT2D eigenvalue weighted by atomic mass is 16.5. The molecule has 0 spiro atoms. The summed E-state index contributed by atoms with van der Waals surface area (Å²) >= 11 is 0. The lowest BCUT2D eigenvalue weighted by Crippen LogP contribution is -2.35. The van der Waals surface area contributed by atoms with E-state index in [9.17, 15) is 4.79 Å². The summed E-state index contributed by atoms with van der Waals surface area (Å²) in [6, 6.07) is 6.27. The van der Waals surface area contributed by atoms with Crippen molar-refractivity contribution in [3.8, 4) is 0 Å². The van der Waals surface area contributed by atoms with Crippen molar-refractivity contribution in [1.82, 2.24) is 0 Å². The minimum absolute atomic E-state index is 0.267. The molecule has 20 heavy (non-hydrogen) atoms. The third-order valence-corrected chi connectivity index (χ3v) is 4.79. The first kappa shape index (κ1) is 14.9. The standard InChI is InChI=1S/C17H25NO2/c1-11-7-5-9-15(12(11)2)18-16-10-6-8-14(13(16)3)17(19)20-4/h6,8,10-12,15,18H,5,7,9H2,1-4H3. The fourth-order valence-corrected chi connectivity index (χ4v) is 3.11. The van der Waals surface area contributed by atoms with E-state index in [1.807, 2.05) is 25.1 Å². The largest absolute Gasteiger partial charge is 0.465 e. The highest BCUT2D eigenvalue weighted by molar-refractivity contribution is 5.92. The van der Waals surface area contributed by atoms with E-state index in [4.69, 9.17) is 4.74 Å². The average Bonchev–Trinajstić information content (AvgIpc) is 2.45. The molecule has 1 aromatic carbocycles. The van der Waals surface area contributed by atoms with E-state index in [0.717, 1.165) is 17.2 Å². The molecule has 3 atom stereocenters. The SMILES string of the molecule is COC(=O)c1cccc(NC2CCCC(C)C2C)c1C. The van der Waals surface area contributed by atoms with Crippen LogP contribution in [0.3, 0.4) is 0 Å². The van der Waals surface area contributed by atoms with E-state index in [-0.39, 0.29) is 5.97 Å². The second-order valence-electron chi connectivity index (χ2n) is 5.99. The first-order valence-electron chi connectivity index (χ1n) is 7.49. The van der Waals surface area contributed by atoms with Crippen LogP contribution in [0, 0.1) is 18.8 Å². The molecule has 0 bridgehead atoms. The molecule has 1 aromatic rings. The van der Waals surface area contributed by atoms with Gasteiger partial charge >= 0.3 is 5.97 Å². The van der Waals surface area contributed by atoms with Crippen LogP contribution in [-0.4, -0.2) is 19.1 Å². The van der Waals surface area contributed by atoms with Gasteiger partial charge in [-0.2, -0.15) is 0 Å². The van der Waals surface area contributed by atoms with E-state index in [0.29, 0.717) is 17.5 Å². The lowest BCUT2D eigenvalue weighted by Gasteiger charge is -2.35. The number of carbonyl (C=O) groups excluding carboxylic acids is 1. The second kappa shape index (κ2) is 6.29. The predicted octanol–water partition coefficient (Wildman–Crippen LogP) is 4.02. The average molecular weight is 275 g/mol. The summed E-state index contributed by atoms with van der Waals surface area (Å²) in [5, 5.41) is 3.64. The maximum absolute atomic E-state index is 11.7. The molecule has 110 valence electrons. The molecule has 1 N–H and O–H groups in total. The van der Waals surface area contributed by atoms with Gasteiger partial charge in [-0.25, -0.2) is 4.79 Å². The maximum Gasteiger partial charge on any atom is 0.338 e. The van der Waals surface area contributed by atoms with Crippen LogP contribution < -0.4 is 5.32 Å². The second-order valence-corrected chi connectivity index (χ2v) is 5.99. The zero-order valence-corrected chi connectivity index (χ0v) is 12.9. The van der Waals surface area contributed by atoms with Gasteiger partial charge in [0.25, 0.3) is 0 Å². The molecular formula is C17H25NO2. The lowest BCUT2D eigenvalue weighted by atomic mass is 9.78. The summed E-state index contributed by atoms with van der Waals surface area (Å²) in [7, 11) is 1.42. The van der Waals surface area contributed by atoms with Gasteiger partial charge < -0.3 is 10.1 Å². The van der Waals surface area contributed by atoms with E-state index in [1.54, 1.807) is 0 Å². The van der Waals surface area contributed by atoms with Crippen molar-refractivity contribution < 1.29 is 9.53 Å². The number of hydrogen-bond donors (Lipinski definition) is 1. The van der Waals surface area contributed by atoms with Crippen LogP contribution in [-0.2, 0) is 4.74 Å². The summed E-state index contributed by atoms with van der Waals surface area (Å²) in [5.74, 6) is 1.14. The third-order valence-electron chi connectivity index (χ3n) is 4.79. The van der Waals surface area contributed by atoms with Crippen molar-refractivity contribution in [2.24, 2.45) is 11.8 Å². The minimum atomic E-state index is -0.267. The molecule has 2 rings (SSSR count). The number of nitrogens with one attached hydrogen (secondary N) is 1. The van der Waals surface area contributed by atoms with Gasteiger partial charge in [0.1, 0.15) is 0 Å². The highest BCUT2D eigenvalue weighted by Crippen LogP contribution is 2.32. The first-order chi connectivity index (χ1) is 9.54. The van der Waals surface area contributed by atoms with Gasteiger partial charge in [0.2, 0.25) is 0 Å². The molecule has 1 aliphatic rings. The van der Waals surface area contributed by atoms with E-state index >= 15 is 0 Å². The molecule has 1 fully saturated rings. The van der Waals surface area contributed by atoms with Gasteiger partial charge in [-0.15, -0.1) is 0 Å². The third kappa shape index (κ3) is 2.97. The van der Waals surface area contributed by atoms with Gasteiger partial charge in [0, 0.05) is 11.7 Å². The molecule has 3 heteroatoms. The number of anilines is 1. The number of benzene rings is 1. The van der Waals surface area contributed by atoms with Gasteiger partial charge in [-0.05, 0) is 42.9 Å². The number of esters is 1. The summed E-state index contributed by atoms with van der Waals surface area (Å²) in [4.78, 5) is 11.7. The van der Waals surface area contributed by atoms with Gasteiger partial charge in [0.05, 0.1) is 12.7 Å². The Kier molecular flexibility index (Phi) is 4.69. The van der Waals surface area contributed by atoms with Gasteiger partial charge in [-0.3, -0.25) is 0 Å². The molecule has 0 heterocycles. The number of ether oxygens (including phenoxy) is 1. The monoisotopic (exact) mass is 275 g/mol. The van der Waals surface area contributed by atoms with Crippen LogP contribution in [0.15, 0.2) is 18.2 Å². The Hall–Kier alpha value is -1.51. The lowest BCUT2D eigenvalue weighted by molar-refractivity contribution is 0.0600. The number of hydrogen-bond acceptors (Lipinski definition) is 3. The number of methoxy groups -OCH3 is 1. The number of rotatable bonds is 3. The number of carbonyl (C=O) groups is 1. The molecule has 0 aliphatic heterocycles. The molecule has 0 saturated heterocycles. The Balaban J connectivity index is 2.19. The molecular weight excluding hydrogens is 250 g/mol. The zero-order chi connectivity index (χ0) is 14.7. The van der Waals surface area contributed by atoms with Crippen LogP contribution >= 0.6 is 0 Å². The fourth-order valence-electron chi connectivity index (χ4n) is 3.11. The van der Waals surface area contributed by atoms with Crippen molar-refractivity contribution >= 4 is 11.7 Å². The topological polar surface area (TPSA) is 38.3 Å². The quantitative estimate of drug-likeness (QED) is 0.847. The summed E-state index contributed by atoms with van der Waals surface area (Å²) < 4.78 is 4.83. The van der Waals surface area contributed by atoms with Crippen molar-refractivity contribution in [3.63, 3.8) is 0 Å². The normalized spacial score (nSPS) is 26.1. The summed E-state index contributed by atoms with van der Waals surface area (Å²) in [6.07, 6.45) is 3.80. The Morgan fingerprint density at radius 1 is 1.30 bits per heavy atom. The smallest absolute Gasteiger partial charge is 0.338 e. The van der Waals surface area contributed by atoms with Crippen LogP contribution in [0.4, 0.5) is 5.69 Å². The van der Waals surface area contributed by atoms with E-state index < -0.39 is 0 Å². The summed E-state index contributed by atoms with van der Waals surface area (Å²) in [6.45, 7) is 6.63. The van der Waals surface area contributed by atoms with Gasteiger partial charge in [-0.1, -0.05) is 32.8 Å². The molecule has 1 aliphatic carbocycles. The Morgan fingerprint density at radius 2 is 2.05 bits per heavy atom. The molecule has 3 unspecified atom stereocenters. The van der Waals surface area contributed by atoms with E-state index in [2.05, 4.69) is 19.2 Å². The van der Waals surface area contributed by atoms with Gasteiger partial charge in [0.15, 0.2) is 0 Å². The molecule has 1 saturated carbocycles. The van der Waals surface area contributed by atoms with Crippen LogP contribution in [0.25, 0.3) is 0 Å². The maximum atomic E-state index is 11.7. The Bertz CT molecular complexity index is 484. The minimum Gasteiger partial charge on any atom is -0.465 e. The Morgan fingerprint density at radius 3 is 2.75 bits per heavy atom. The molecule has 0 aromatic heterocycles. The van der Waals surface area contributed by atoms with Crippen molar-refractivity contribution in [2.75, 3.05) is 12.4 Å². The van der Waals surface area contributed by atoms with Crippen LogP contribution in [0.2, 0.25) is 0 Å². The molecule has 0 radical (unpaired) electrons. The van der Waals surface area contributed by atoms with Crippen molar-refractivity contribution in [2.45, 2.75) is 46.1 Å². The van der Waals surface area contributed by atoms with Crippen molar-refractivity contribution in [3.05, 3.63) is 29.3 Å². The first-order valence-corrected chi connectivity index (χ1v) is 7.49. The summed E-state index contributed by atoms with van der Waals surface area (Å²) in [5.41, 5.74) is 2.68. The van der Waals surface area contributed by atoms with E-state index in [1.165, 1.54) is 26.4 Å². The van der Waals surface area contributed by atoms with Crippen molar-refractivity contribution in [1.29, 1.82) is 0 Å². The van der Waals surface area contributed by atoms with Crippen LogP contribution in [0.1, 0.15) is 49.0 Å². The molecule has 0 amide bonds. The van der Waals surface area contributed by atoms with Crippen LogP contribution in [0.5, 0.6) is 0 Å².